The number of hydrogen-bond donors (Lipinski definition) is 0. The summed E-state index contributed by atoms with van der Waals surface area (Å²) in [7, 11) is 0. The lowest BCUT2D eigenvalue weighted by Crippen LogP contribution is -2.05. The van der Waals surface area contributed by atoms with Crippen molar-refractivity contribution in [3.8, 4) is 12.3 Å². The molecule has 0 aliphatic heterocycles. The molecule has 0 heterocycles. The molecule has 0 aliphatic rings. The predicted octanol–water partition coefficient (Wildman–Crippen LogP) is 16.7. The Bertz CT molecular complexity index is 1070. The Morgan fingerprint density at radius 3 is 1.57 bits per heavy atom. The molecule has 0 fully saturated rings. The lowest BCUT2D eigenvalue weighted by atomic mass is 9.89. The summed E-state index contributed by atoms with van der Waals surface area (Å²) in [5.74, 6) is 6.56. The van der Waals surface area contributed by atoms with Crippen LogP contribution in [0.25, 0.3) is 5.57 Å². The molecular weight excluding hydrogens is 589 g/mol. The largest absolute Gasteiger partial charge is 0.120 e. The summed E-state index contributed by atoms with van der Waals surface area (Å²) in [4.78, 5) is 0. The molecule has 0 amide bonds. The molecule has 0 spiro atoms. The van der Waals surface area contributed by atoms with Crippen molar-refractivity contribution < 1.29 is 0 Å². The van der Waals surface area contributed by atoms with Gasteiger partial charge in [-0.2, -0.15) is 0 Å². The molecule has 49 heavy (non-hydrogen) atoms. The van der Waals surface area contributed by atoms with Crippen LogP contribution in [0.1, 0.15) is 161 Å². The lowest BCUT2D eigenvalue weighted by Gasteiger charge is -2.16. The van der Waals surface area contributed by atoms with Crippen LogP contribution in [0.2, 0.25) is 0 Å². The van der Waals surface area contributed by atoms with Crippen LogP contribution in [0.4, 0.5) is 0 Å². The van der Waals surface area contributed by atoms with Crippen molar-refractivity contribution in [1.82, 2.24) is 0 Å². The van der Waals surface area contributed by atoms with E-state index >= 15 is 0 Å². The van der Waals surface area contributed by atoms with Gasteiger partial charge in [0.05, 0.1) is 0 Å². The molecule has 3 unspecified atom stereocenters. The van der Waals surface area contributed by atoms with Crippen molar-refractivity contribution in [2.24, 2.45) is 35.5 Å². The average molecular weight is 675 g/mol. The third kappa shape index (κ3) is 32.2. The van der Waals surface area contributed by atoms with E-state index < -0.39 is 0 Å². The molecule has 0 bridgehead atoms. The molecule has 0 heteroatoms. The minimum absolute atomic E-state index is 0.354. The van der Waals surface area contributed by atoms with E-state index in [0.29, 0.717) is 23.7 Å². The number of rotatable bonds is 14. The van der Waals surface area contributed by atoms with Crippen molar-refractivity contribution in [2.45, 2.75) is 157 Å². The molecule has 0 nitrogen and oxygen atoms in total. The van der Waals surface area contributed by atoms with Gasteiger partial charge in [-0.15, -0.1) is 12.3 Å². The molecular formula is C49H86. The van der Waals surface area contributed by atoms with Gasteiger partial charge >= 0.3 is 0 Å². The highest BCUT2D eigenvalue weighted by Gasteiger charge is 2.11. The molecule has 3 atom stereocenters. The van der Waals surface area contributed by atoms with Gasteiger partial charge in [0, 0.05) is 5.92 Å². The summed E-state index contributed by atoms with van der Waals surface area (Å²) in [6.45, 7) is 52.5. The highest BCUT2D eigenvalue weighted by atomic mass is 14.2. The van der Waals surface area contributed by atoms with Crippen LogP contribution < -0.4 is 0 Å². The zero-order valence-corrected chi connectivity index (χ0v) is 36.6. The third-order valence-electron chi connectivity index (χ3n) is 8.31. The first-order valence-electron chi connectivity index (χ1n) is 19.5. The SMILES string of the molecule is C#CC(CCC(=C)/C=C\C(=C(\C)C(C)C)C(C)C)C(C)C.C=C(C)/C=C\CC(C)C(C)CC.C=C(C)c1ccc(C)cc1.CC.CC.CC. The van der Waals surface area contributed by atoms with Crippen LogP contribution in [-0.4, -0.2) is 0 Å². The van der Waals surface area contributed by atoms with Crippen molar-refractivity contribution in [2.75, 3.05) is 0 Å². The van der Waals surface area contributed by atoms with Crippen LogP contribution in [0.5, 0.6) is 0 Å². The van der Waals surface area contributed by atoms with E-state index in [-0.39, 0.29) is 0 Å². The Balaban J connectivity index is -0.000000195. The molecule has 0 radical (unpaired) electrons. The molecule has 0 saturated carbocycles. The van der Waals surface area contributed by atoms with Gasteiger partial charge in [0.1, 0.15) is 0 Å². The van der Waals surface area contributed by atoms with Crippen molar-refractivity contribution in [1.29, 1.82) is 0 Å². The second-order valence-corrected chi connectivity index (χ2v) is 13.5. The van der Waals surface area contributed by atoms with Crippen LogP contribution in [0.15, 0.2) is 90.6 Å². The Morgan fingerprint density at radius 1 is 0.735 bits per heavy atom. The molecule has 0 aliphatic carbocycles. The fourth-order valence-corrected chi connectivity index (χ4v) is 4.31. The van der Waals surface area contributed by atoms with Gasteiger partial charge in [0.2, 0.25) is 0 Å². The van der Waals surface area contributed by atoms with E-state index in [1.165, 1.54) is 40.7 Å². The normalized spacial score (nSPS) is 12.6. The number of aryl methyl sites for hydroxylation is 1. The van der Waals surface area contributed by atoms with Crippen LogP contribution in [0.3, 0.4) is 0 Å². The Hall–Kier alpha value is -2.78. The third-order valence-corrected chi connectivity index (χ3v) is 8.31. The Kier molecular flexibility index (Phi) is 41.4. The number of allylic oxidation sites excluding steroid dienone is 9. The first kappa shape index (κ1) is 55.6. The van der Waals surface area contributed by atoms with Crippen molar-refractivity contribution in [3.63, 3.8) is 0 Å². The minimum atomic E-state index is 0.354. The topological polar surface area (TPSA) is 0 Å². The molecule has 0 aromatic heterocycles. The van der Waals surface area contributed by atoms with E-state index in [4.69, 9.17) is 6.42 Å². The maximum Gasteiger partial charge on any atom is 0.0226 e. The molecule has 0 saturated heterocycles. The van der Waals surface area contributed by atoms with Gasteiger partial charge in [-0.1, -0.05) is 206 Å². The van der Waals surface area contributed by atoms with Crippen LogP contribution in [0, 0.1) is 54.8 Å². The summed E-state index contributed by atoms with van der Waals surface area (Å²) in [6, 6.07) is 8.39. The minimum Gasteiger partial charge on any atom is -0.120 e. The fourth-order valence-electron chi connectivity index (χ4n) is 4.31. The van der Waals surface area contributed by atoms with E-state index in [9.17, 15) is 0 Å². The van der Waals surface area contributed by atoms with Crippen molar-refractivity contribution >= 4 is 5.57 Å². The number of terminal acetylenes is 1. The highest BCUT2D eigenvalue weighted by Crippen LogP contribution is 2.24. The predicted molar refractivity (Wildman–Crippen MR) is 234 cm³/mol. The lowest BCUT2D eigenvalue weighted by molar-refractivity contribution is 0.380. The number of benzene rings is 1. The number of hydrogen-bond acceptors (Lipinski definition) is 0. The molecule has 1 aromatic carbocycles. The Morgan fingerprint density at radius 2 is 1.22 bits per heavy atom. The smallest absolute Gasteiger partial charge is 0.0226 e. The first-order valence-corrected chi connectivity index (χ1v) is 19.5. The van der Waals surface area contributed by atoms with E-state index in [1.807, 2.05) is 55.4 Å². The second-order valence-electron chi connectivity index (χ2n) is 13.5. The first-order chi connectivity index (χ1) is 23.0. The van der Waals surface area contributed by atoms with Gasteiger partial charge in [-0.25, -0.2) is 0 Å². The quantitative estimate of drug-likeness (QED) is 0.136. The monoisotopic (exact) mass is 675 g/mol. The van der Waals surface area contributed by atoms with Gasteiger partial charge in [0.25, 0.3) is 0 Å². The summed E-state index contributed by atoms with van der Waals surface area (Å²) in [5, 5.41) is 0. The standard InChI is InChI=1S/C21H34.C12H22.C10H12.3C2H6/c1-10-20(16(4)5)13-11-18(8)12-14-21(17(6)7)19(9)15(2)3;1-6-11(4)12(5)9-7-8-10(2)3;1-8(2)10-6-4-9(3)5-7-10;3*1-2/h1,12,14-17,20H,8,11,13H2,2-7,9H3;7-8,11-12H,2,6,9H2,1,3-5H3;4-7H,1H2,2-3H3;3*1-2H3/b14-12-,21-19+;8-7-;;;;. The van der Waals surface area contributed by atoms with Gasteiger partial charge in [-0.05, 0) is 87.7 Å². The van der Waals surface area contributed by atoms with E-state index in [1.54, 1.807) is 0 Å². The summed E-state index contributed by atoms with van der Waals surface area (Å²) < 4.78 is 0. The maximum absolute atomic E-state index is 5.59. The van der Waals surface area contributed by atoms with Crippen LogP contribution >= 0.6 is 0 Å². The summed E-state index contributed by atoms with van der Waals surface area (Å²) in [5.41, 5.74) is 8.87. The van der Waals surface area contributed by atoms with E-state index in [0.717, 1.165) is 35.8 Å². The van der Waals surface area contributed by atoms with E-state index in [2.05, 4.69) is 150 Å². The molecule has 1 rings (SSSR count). The zero-order valence-electron chi connectivity index (χ0n) is 36.6. The fraction of sp³-hybridized carbons (Fsp3) is 0.592. The molecule has 0 N–H and O–H groups in total. The maximum atomic E-state index is 5.59. The average Bonchev–Trinajstić information content (AvgIpc) is 3.07. The molecule has 282 valence electrons. The molecule has 1 aromatic rings. The van der Waals surface area contributed by atoms with Crippen LogP contribution in [-0.2, 0) is 0 Å². The van der Waals surface area contributed by atoms with Gasteiger partial charge < -0.3 is 0 Å². The van der Waals surface area contributed by atoms with Crippen molar-refractivity contribution in [3.05, 3.63) is 102 Å². The second kappa shape index (κ2) is 36.5. The summed E-state index contributed by atoms with van der Waals surface area (Å²) in [6.07, 6.45) is 18.8. The zero-order chi connectivity index (χ0) is 39.7. The Labute approximate surface area is 311 Å². The summed E-state index contributed by atoms with van der Waals surface area (Å²) >= 11 is 0. The van der Waals surface area contributed by atoms with Gasteiger partial charge in [0.15, 0.2) is 0 Å². The van der Waals surface area contributed by atoms with Gasteiger partial charge in [-0.3, -0.25) is 0 Å². The highest BCUT2D eigenvalue weighted by molar-refractivity contribution is 5.61.